The highest BCUT2D eigenvalue weighted by atomic mass is 32.1. The number of para-hydroxylation sites is 1. The van der Waals surface area contributed by atoms with Gasteiger partial charge in [0, 0.05) is 13.0 Å². The predicted molar refractivity (Wildman–Crippen MR) is 155 cm³/mol. The van der Waals surface area contributed by atoms with Crippen LogP contribution in [-0.4, -0.2) is 17.1 Å². The van der Waals surface area contributed by atoms with Crippen LogP contribution in [0.1, 0.15) is 53.0 Å². The van der Waals surface area contributed by atoms with Crippen LogP contribution in [0.5, 0.6) is 5.75 Å². The third-order valence-electron chi connectivity index (χ3n) is 6.09. The monoisotopic (exact) mass is 515 g/mol. The zero-order chi connectivity index (χ0) is 26.4. The Morgan fingerprint density at radius 2 is 1.73 bits per heavy atom. The molecule has 0 aliphatic heterocycles. The van der Waals surface area contributed by atoms with Crippen molar-refractivity contribution in [3.63, 3.8) is 0 Å². The number of carbonyl (C=O) groups is 1. The first-order valence-electron chi connectivity index (χ1n) is 12.9. The number of anilines is 1. The molecule has 0 aliphatic carbocycles. The van der Waals surface area contributed by atoms with E-state index in [2.05, 4.69) is 67.9 Å². The molecular formula is C31H37N3O2S. The maximum atomic E-state index is 12.0. The first-order valence-corrected chi connectivity index (χ1v) is 13.7. The van der Waals surface area contributed by atoms with Gasteiger partial charge in [0.25, 0.3) is 0 Å². The van der Waals surface area contributed by atoms with Gasteiger partial charge in [-0.1, -0.05) is 87.6 Å². The van der Waals surface area contributed by atoms with Gasteiger partial charge in [-0.25, -0.2) is 4.99 Å². The highest BCUT2D eigenvalue weighted by molar-refractivity contribution is 7.16. The van der Waals surface area contributed by atoms with Crippen LogP contribution in [0.25, 0.3) is 10.2 Å². The van der Waals surface area contributed by atoms with Crippen molar-refractivity contribution >= 4 is 38.8 Å². The molecule has 0 aliphatic rings. The maximum absolute atomic E-state index is 12.0. The zero-order valence-electron chi connectivity index (χ0n) is 22.5. The van der Waals surface area contributed by atoms with Gasteiger partial charge in [-0.15, -0.1) is 0 Å². The summed E-state index contributed by atoms with van der Waals surface area (Å²) in [5.41, 5.74) is 4.12. The van der Waals surface area contributed by atoms with Crippen molar-refractivity contribution < 1.29 is 9.53 Å². The van der Waals surface area contributed by atoms with Crippen molar-refractivity contribution in [1.82, 2.24) is 4.57 Å². The van der Waals surface area contributed by atoms with Crippen molar-refractivity contribution in [2.75, 3.05) is 11.9 Å². The number of aromatic nitrogens is 1. The fraction of sp³-hybridized carbons (Fsp3) is 0.355. The van der Waals surface area contributed by atoms with Gasteiger partial charge in [-0.2, -0.15) is 0 Å². The molecule has 4 aromatic rings. The molecule has 5 nitrogen and oxygen atoms in total. The van der Waals surface area contributed by atoms with E-state index in [9.17, 15) is 4.79 Å². The Kier molecular flexibility index (Phi) is 8.49. The van der Waals surface area contributed by atoms with Gasteiger partial charge < -0.3 is 14.6 Å². The molecule has 1 unspecified atom stereocenters. The summed E-state index contributed by atoms with van der Waals surface area (Å²) < 4.78 is 9.59. The Morgan fingerprint density at radius 3 is 2.38 bits per heavy atom. The van der Waals surface area contributed by atoms with Crippen molar-refractivity contribution in [1.29, 1.82) is 0 Å². The van der Waals surface area contributed by atoms with E-state index in [4.69, 9.17) is 9.73 Å². The SMILES string of the molecule is CC(=O)Nc1cc2sc(=Nc3ccccc3)n(Cc3ccccc3)c2cc1OCCC(C)CC(C)(C)C. The molecule has 0 fully saturated rings. The number of rotatable bonds is 9. The van der Waals surface area contributed by atoms with Crippen LogP contribution in [0.2, 0.25) is 0 Å². The average molecular weight is 516 g/mol. The Bertz CT molecular complexity index is 1400. The highest BCUT2D eigenvalue weighted by Crippen LogP contribution is 2.33. The Morgan fingerprint density at radius 1 is 1.05 bits per heavy atom. The van der Waals surface area contributed by atoms with E-state index in [0.29, 0.717) is 30.5 Å². The molecule has 1 N–H and O–H groups in total. The van der Waals surface area contributed by atoms with Crippen LogP contribution in [0.4, 0.5) is 11.4 Å². The summed E-state index contributed by atoms with van der Waals surface area (Å²) in [6, 6.07) is 24.5. The summed E-state index contributed by atoms with van der Waals surface area (Å²) >= 11 is 1.61. The summed E-state index contributed by atoms with van der Waals surface area (Å²) in [6.45, 7) is 11.9. The minimum absolute atomic E-state index is 0.117. The summed E-state index contributed by atoms with van der Waals surface area (Å²) in [5, 5.41) is 2.97. The number of hydrogen-bond donors (Lipinski definition) is 1. The molecule has 1 atom stereocenters. The first-order chi connectivity index (χ1) is 17.7. The van der Waals surface area contributed by atoms with Gasteiger partial charge in [0.15, 0.2) is 4.80 Å². The second kappa shape index (κ2) is 11.8. The second-order valence-corrected chi connectivity index (χ2v) is 11.9. The van der Waals surface area contributed by atoms with E-state index in [1.54, 1.807) is 11.3 Å². The van der Waals surface area contributed by atoms with Gasteiger partial charge in [0.05, 0.1) is 34.7 Å². The molecule has 0 spiro atoms. The number of fused-ring (bicyclic) bond motifs is 1. The van der Waals surface area contributed by atoms with E-state index in [-0.39, 0.29) is 11.3 Å². The summed E-state index contributed by atoms with van der Waals surface area (Å²) in [4.78, 5) is 17.9. The molecule has 0 saturated carbocycles. The lowest BCUT2D eigenvalue weighted by atomic mass is 9.84. The van der Waals surface area contributed by atoms with Crippen LogP contribution in [0.15, 0.2) is 77.8 Å². The fourth-order valence-electron chi connectivity index (χ4n) is 4.64. The average Bonchev–Trinajstić information content (AvgIpc) is 3.14. The molecule has 1 aromatic heterocycles. The van der Waals surface area contributed by atoms with Gasteiger partial charge >= 0.3 is 0 Å². The van der Waals surface area contributed by atoms with Gasteiger partial charge in [-0.3, -0.25) is 4.79 Å². The summed E-state index contributed by atoms with van der Waals surface area (Å²) in [6.07, 6.45) is 2.09. The van der Waals surface area contributed by atoms with Crippen LogP contribution in [0, 0.1) is 11.3 Å². The molecule has 0 radical (unpaired) electrons. The molecule has 6 heteroatoms. The van der Waals surface area contributed by atoms with Crippen molar-refractivity contribution in [3.8, 4) is 5.75 Å². The quantitative estimate of drug-likeness (QED) is 0.247. The van der Waals surface area contributed by atoms with Crippen LogP contribution < -0.4 is 14.9 Å². The molecule has 0 saturated heterocycles. The van der Waals surface area contributed by atoms with E-state index in [0.717, 1.165) is 33.5 Å². The largest absolute Gasteiger partial charge is 0.491 e. The minimum atomic E-state index is -0.117. The number of amides is 1. The zero-order valence-corrected chi connectivity index (χ0v) is 23.3. The summed E-state index contributed by atoms with van der Waals surface area (Å²) in [5.74, 6) is 1.12. The third kappa shape index (κ3) is 7.56. The van der Waals surface area contributed by atoms with Crippen LogP contribution >= 0.6 is 11.3 Å². The standard InChI is InChI=1S/C31H37N3O2S/c1-22(20-31(3,4)5)16-17-36-28-19-27-29(18-26(28)32-23(2)35)37-30(33-25-14-10-7-11-15-25)34(27)21-24-12-8-6-9-13-24/h6-15,18-19,22H,16-17,20-21H2,1-5H3,(H,32,35). The lowest BCUT2D eigenvalue weighted by Crippen LogP contribution is -2.16. The van der Waals surface area contributed by atoms with E-state index < -0.39 is 0 Å². The molecular weight excluding hydrogens is 478 g/mol. The Hall–Kier alpha value is -3.38. The molecule has 4 rings (SSSR count). The van der Waals surface area contributed by atoms with E-state index in [1.807, 2.05) is 42.5 Å². The fourth-order valence-corrected chi connectivity index (χ4v) is 5.71. The van der Waals surface area contributed by atoms with Crippen molar-refractivity contribution in [2.24, 2.45) is 16.3 Å². The Labute approximate surface area is 223 Å². The molecule has 194 valence electrons. The lowest BCUT2D eigenvalue weighted by molar-refractivity contribution is -0.114. The number of ether oxygens (including phenoxy) is 1. The number of carbonyl (C=O) groups excluding carboxylic acids is 1. The molecule has 3 aromatic carbocycles. The third-order valence-corrected chi connectivity index (χ3v) is 7.13. The smallest absolute Gasteiger partial charge is 0.221 e. The Balaban J connectivity index is 1.75. The number of thiazole rings is 1. The van der Waals surface area contributed by atoms with Gasteiger partial charge in [0.1, 0.15) is 5.75 Å². The number of hydrogen-bond acceptors (Lipinski definition) is 4. The van der Waals surface area contributed by atoms with E-state index in [1.165, 1.54) is 12.5 Å². The minimum Gasteiger partial charge on any atom is -0.491 e. The normalized spacial score (nSPS) is 13.1. The number of nitrogens with zero attached hydrogens (tertiary/aromatic N) is 2. The molecule has 37 heavy (non-hydrogen) atoms. The molecule has 1 heterocycles. The number of nitrogens with one attached hydrogen (secondary N) is 1. The second-order valence-electron chi connectivity index (χ2n) is 10.9. The van der Waals surface area contributed by atoms with E-state index >= 15 is 0 Å². The van der Waals surface area contributed by atoms with Gasteiger partial charge in [0.2, 0.25) is 5.91 Å². The molecule has 0 bridgehead atoms. The summed E-state index contributed by atoms with van der Waals surface area (Å²) in [7, 11) is 0. The number of benzene rings is 3. The van der Waals surface area contributed by atoms with Crippen molar-refractivity contribution in [2.45, 2.75) is 54.0 Å². The van der Waals surface area contributed by atoms with Gasteiger partial charge in [-0.05, 0) is 47.9 Å². The molecule has 1 amide bonds. The maximum Gasteiger partial charge on any atom is 0.221 e. The topological polar surface area (TPSA) is 55.6 Å². The van der Waals surface area contributed by atoms with Crippen LogP contribution in [0.3, 0.4) is 0 Å². The highest BCUT2D eigenvalue weighted by Gasteiger charge is 2.17. The lowest BCUT2D eigenvalue weighted by Gasteiger charge is -2.23. The predicted octanol–water partition coefficient (Wildman–Crippen LogP) is 7.78. The van der Waals surface area contributed by atoms with Crippen molar-refractivity contribution in [3.05, 3.63) is 83.2 Å². The van der Waals surface area contributed by atoms with Crippen LogP contribution in [-0.2, 0) is 11.3 Å². The first kappa shape index (κ1) is 26.7.